The van der Waals surface area contributed by atoms with Crippen molar-refractivity contribution in [2.75, 3.05) is 26.4 Å². The fourth-order valence-corrected chi connectivity index (χ4v) is 1.88. The summed E-state index contributed by atoms with van der Waals surface area (Å²) in [6, 6.07) is 8.22. The molecule has 0 aliphatic heterocycles. The number of hydrogen-bond acceptors (Lipinski definition) is 3. The molecule has 0 saturated heterocycles. The summed E-state index contributed by atoms with van der Waals surface area (Å²) < 4.78 is 11.0. The van der Waals surface area contributed by atoms with Gasteiger partial charge in [0.05, 0.1) is 6.61 Å². The smallest absolute Gasteiger partial charge is 0.123 e. The maximum atomic E-state index is 5.75. The molecule has 1 saturated carbocycles. The number of rotatable bonds is 9. The number of hydrogen-bond donors (Lipinski definition) is 1. The number of para-hydroxylation sites is 1. The number of ether oxygens (including phenoxy) is 2. The van der Waals surface area contributed by atoms with Gasteiger partial charge in [-0.15, -0.1) is 0 Å². The molecule has 1 N–H and O–H groups in total. The summed E-state index contributed by atoms with van der Waals surface area (Å²) in [6.07, 6.45) is 2.78. The van der Waals surface area contributed by atoms with Gasteiger partial charge in [0.1, 0.15) is 12.4 Å². The zero-order chi connectivity index (χ0) is 12.6. The van der Waals surface area contributed by atoms with E-state index in [1.165, 1.54) is 18.4 Å². The first kappa shape index (κ1) is 13.4. The van der Waals surface area contributed by atoms with Crippen LogP contribution in [-0.4, -0.2) is 26.4 Å². The molecule has 0 unspecified atom stereocenters. The molecule has 1 aliphatic carbocycles. The normalized spacial score (nSPS) is 14.7. The largest absolute Gasteiger partial charge is 0.491 e. The lowest BCUT2D eigenvalue weighted by Gasteiger charge is -2.12. The Morgan fingerprint density at radius 3 is 2.83 bits per heavy atom. The SMILES string of the molecule is CCOCCOc1ccccc1CNCC1CC1. The van der Waals surface area contributed by atoms with Crippen molar-refractivity contribution in [2.45, 2.75) is 26.3 Å². The summed E-state index contributed by atoms with van der Waals surface area (Å²) in [5, 5.41) is 3.49. The van der Waals surface area contributed by atoms with Crippen molar-refractivity contribution in [3.8, 4) is 5.75 Å². The van der Waals surface area contributed by atoms with E-state index in [1.807, 2.05) is 19.1 Å². The van der Waals surface area contributed by atoms with Gasteiger partial charge < -0.3 is 14.8 Å². The van der Waals surface area contributed by atoms with E-state index in [-0.39, 0.29) is 0 Å². The molecule has 0 spiro atoms. The van der Waals surface area contributed by atoms with Crippen LogP contribution in [0, 0.1) is 5.92 Å². The average Bonchev–Trinajstić information content (AvgIpc) is 3.20. The second kappa shape index (κ2) is 7.39. The van der Waals surface area contributed by atoms with Gasteiger partial charge in [-0.2, -0.15) is 0 Å². The molecule has 0 bridgehead atoms. The van der Waals surface area contributed by atoms with Crippen molar-refractivity contribution in [2.24, 2.45) is 5.92 Å². The van der Waals surface area contributed by atoms with Crippen LogP contribution in [0.3, 0.4) is 0 Å². The number of benzene rings is 1. The van der Waals surface area contributed by atoms with E-state index < -0.39 is 0 Å². The predicted molar refractivity (Wildman–Crippen MR) is 72.9 cm³/mol. The Morgan fingerprint density at radius 1 is 1.22 bits per heavy atom. The van der Waals surface area contributed by atoms with Gasteiger partial charge >= 0.3 is 0 Å². The lowest BCUT2D eigenvalue weighted by molar-refractivity contribution is 0.110. The fourth-order valence-electron chi connectivity index (χ4n) is 1.88. The highest BCUT2D eigenvalue weighted by atomic mass is 16.5. The van der Waals surface area contributed by atoms with Gasteiger partial charge in [-0.05, 0) is 38.3 Å². The van der Waals surface area contributed by atoms with Gasteiger partial charge in [0.25, 0.3) is 0 Å². The van der Waals surface area contributed by atoms with Crippen molar-refractivity contribution in [1.82, 2.24) is 5.32 Å². The van der Waals surface area contributed by atoms with Crippen LogP contribution in [0.25, 0.3) is 0 Å². The van der Waals surface area contributed by atoms with E-state index in [1.54, 1.807) is 0 Å². The van der Waals surface area contributed by atoms with Gasteiger partial charge in [-0.3, -0.25) is 0 Å². The summed E-state index contributed by atoms with van der Waals surface area (Å²) in [5.41, 5.74) is 1.23. The van der Waals surface area contributed by atoms with Crippen LogP contribution in [0.1, 0.15) is 25.3 Å². The topological polar surface area (TPSA) is 30.5 Å². The van der Waals surface area contributed by atoms with Crippen LogP contribution in [0.4, 0.5) is 0 Å². The second-order valence-electron chi connectivity index (χ2n) is 4.73. The van der Waals surface area contributed by atoms with Gasteiger partial charge in [0, 0.05) is 18.7 Å². The Kier molecular flexibility index (Phi) is 5.49. The van der Waals surface area contributed by atoms with Crippen molar-refractivity contribution >= 4 is 0 Å². The highest BCUT2D eigenvalue weighted by Gasteiger charge is 2.20. The van der Waals surface area contributed by atoms with Crippen LogP contribution in [0.5, 0.6) is 5.75 Å². The molecule has 2 rings (SSSR count). The molecule has 1 aromatic rings. The molecular formula is C15H23NO2. The van der Waals surface area contributed by atoms with Crippen molar-refractivity contribution in [1.29, 1.82) is 0 Å². The fraction of sp³-hybridized carbons (Fsp3) is 0.600. The lowest BCUT2D eigenvalue weighted by Crippen LogP contribution is -2.17. The van der Waals surface area contributed by atoms with Crippen LogP contribution in [0.15, 0.2) is 24.3 Å². The molecule has 0 radical (unpaired) electrons. The lowest BCUT2D eigenvalue weighted by atomic mass is 10.2. The highest BCUT2D eigenvalue weighted by Crippen LogP contribution is 2.27. The molecule has 0 amide bonds. The maximum Gasteiger partial charge on any atom is 0.123 e. The monoisotopic (exact) mass is 249 g/mol. The maximum absolute atomic E-state index is 5.75. The van der Waals surface area contributed by atoms with Crippen molar-refractivity contribution in [3.05, 3.63) is 29.8 Å². The third-order valence-electron chi connectivity index (χ3n) is 3.11. The Bertz CT molecular complexity index is 350. The molecule has 18 heavy (non-hydrogen) atoms. The van der Waals surface area contributed by atoms with E-state index in [2.05, 4.69) is 17.4 Å². The molecule has 0 heterocycles. The Labute approximate surface area is 109 Å². The van der Waals surface area contributed by atoms with E-state index in [9.17, 15) is 0 Å². The first-order valence-corrected chi connectivity index (χ1v) is 6.89. The standard InChI is InChI=1S/C15H23NO2/c1-2-17-9-10-18-15-6-4-3-5-14(15)12-16-11-13-7-8-13/h3-6,13,16H,2,7-12H2,1H3. The Hall–Kier alpha value is -1.06. The average molecular weight is 249 g/mol. The minimum atomic E-state index is 0.619. The summed E-state index contributed by atoms with van der Waals surface area (Å²) >= 11 is 0. The van der Waals surface area contributed by atoms with E-state index in [4.69, 9.17) is 9.47 Å². The first-order chi connectivity index (χ1) is 8.90. The molecule has 1 aliphatic rings. The minimum Gasteiger partial charge on any atom is -0.491 e. The molecular weight excluding hydrogens is 226 g/mol. The summed E-state index contributed by atoms with van der Waals surface area (Å²) in [4.78, 5) is 0. The highest BCUT2D eigenvalue weighted by molar-refractivity contribution is 5.33. The summed E-state index contributed by atoms with van der Waals surface area (Å²) in [6.45, 7) is 6.03. The zero-order valence-corrected chi connectivity index (χ0v) is 11.2. The number of nitrogens with one attached hydrogen (secondary N) is 1. The zero-order valence-electron chi connectivity index (χ0n) is 11.2. The van der Waals surface area contributed by atoms with E-state index in [0.29, 0.717) is 13.2 Å². The summed E-state index contributed by atoms with van der Waals surface area (Å²) in [5.74, 6) is 1.89. The molecule has 0 aromatic heterocycles. The molecule has 3 heteroatoms. The first-order valence-electron chi connectivity index (χ1n) is 6.89. The van der Waals surface area contributed by atoms with Crippen LogP contribution in [0.2, 0.25) is 0 Å². The second-order valence-corrected chi connectivity index (χ2v) is 4.73. The van der Waals surface area contributed by atoms with Crippen molar-refractivity contribution < 1.29 is 9.47 Å². The Balaban J connectivity index is 1.75. The third-order valence-corrected chi connectivity index (χ3v) is 3.11. The third kappa shape index (κ3) is 4.67. The molecule has 1 fully saturated rings. The molecule has 0 atom stereocenters. The molecule has 1 aromatic carbocycles. The van der Waals surface area contributed by atoms with E-state index >= 15 is 0 Å². The quantitative estimate of drug-likeness (QED) is 0.682. The Morgan fingerprint density at radius 2 is 2.06 bits per heavy atom. The van der Waals surface area contributed by atoms with Gasteiger partial charge in [0.2, 0.25) is 0 Å². The molecule has 100 valence electrons. The van der Waals surface area contributed by atoms with Crippen LogP contribution < -0.4 is 10.1 Å². The predicted octanol–water partition coefficient (Wildman–Crippen LogP) is 2.60. The minimum absolute atomic E-state index is 0.619. The van der Waals surface area contributed by atoms with Crippen LogP contribution in [-0.2, 0) is 11.3 Å². The van der Waals surface area contributed by atoms with Crippen LogP contribution >= 0.6 is 0 Å². The van der Waals surface area contributed by atoms with Gasteiger partial charge in [-0.25, -0.2) is 0 Å². The van der Waals surface area contributed by atoms with Gasteiger partial charge in [0.15, 0.2) is 0 Å². The summed E-state index contributed by atoms with van der Waals surface area (Å²) in [7, 11) is 0. The van der Waals surface area contributed by atoms with E-state index in [0.717, 1.165) is 31.4 Å². The van der Waals surface area contributed by atoms with Crippen molar-refractivity contribution in [3.63, 3.8) is 0 Å². The van der Waals surface area contributed by atoms with Gasteiger partial charge in [-0.1, -0.05) is 18.2 Å². The molecule has 3 nitrogen and oxygen atoms in total.